The number of methoxy groups -OCH3 is 1. The lowest BCUT2D eigenvalue weighted by atomic mass is 10.1. The Kier molecular flexibility index (Phi) is 7.84. The summed E-state index contributed by atoms with van der Waals surface area (Å²) in [4.78, 5) is 38.2. The van der Waals surface area contributed by atoms with Crippen molar-refractivity contribution in [2.75, 3.05) is 19.0 Å². The van der Waals surface area contributed by atoms with Crippen LogP contribution in [0, 0.1) is 0 Å². The average Bonchev–Trinajstić information content (AvgIpc) is 3.04. The number of nitrogens with one attached hydrogen (secondary N) is 2. The molecule has 3 rings (SSSR count). The maximum Gasteiger partial charge on any atom is 0.329 e. The van der Waals surface area contributed by atoms with Crippen LogP contribution in [0.1, 0.15) is 25.8 Å². The van der Waals surface area contributed by atoms with Crippen molar-refractivity contribution in [1.82, 2.24) is 10.2 Å². The van der Waals surface area contributed by atoms with E-state index < -0.39 is 24.4 Å². The molecular formula is C23H23Cl2N3O5. The van der Waals surface area contributed by atoms with Gasteiger partial charge in [-0.25, -0.2) is 9.69 Å². The lowest BCUT2D eigenvalue weighted by molar-refractivity contribution is -0.127. The summed E-state index contributed by atoms with van der Waals surface area (Å²) in [6.45, 7) is 3.45. The van der Waals surface area contributed by atoms with Crippen LogP contribution in [0.25, 0.3) is 6.08 Å². The standard InChI is InChI=1S/C23H23Cl2N3O5/c1-4-13(2)33-21-17(25)9-14(11-19(21)32-3)10-18-22(30)28(23(31)27-18)12-20(29)26-16-7-5-15(24)6-8-16/h5-11,13H,4,12H2,1-3H3,(H,26,29)(H,27,31)/b18-10-/t13-/m1/s1. The molecule has 2 N–H and O–H groups in total. The number of benzene rings is 2. The van der Waals surface area contributed by atoms with Gasteiger partial charge >= 0.3 is 6.03 Å². The molecule has 1 heterocycles. The van der Waals surface area contributed by atoms with E-state index in [9.17, 15) is 14.4 Å². The van der Waals surface area contributed by atoms with E-state index in [2.05, 4.69) is 10.6 Å². The topological polar surface area (TPSA) is 97.0 Å². The fourth-order valence-electron chi connectivity index (χ4n) is 2.98. The molecular weight excluding hydrogens is 469 g/mol. The number of rotatable bonds is 8. The highest BCUT2D eigenvalue weighted by atomic mass is 35.5. The summed E-state index contributed by atoms with van der Waals surface area (Å²) >= 11 is 12.2. The number of carbonyl (C=O) groups is 3. The number of ether oxygens (including phenoxy) is 2. The van der Waals surface area contributed by atoms with Gasteiger partial charge in [-0.1, -0.05) is 30.1 Å². The molecule has 174 valence electrons. The third kappa shape index (κ3) is 5.97. The van der Waals surface area contributed by atoms with Gasteiger partial charge in [0.05, 0.1) is 18.2 Å². The van der Waals surface area contributed by atoms with Crippen LogP contribution in [0.4, 0.5) is 10.5 Å². The maximum absolute atomic E-state index is 12.7. The summed E-state index contributed by atoms with van der Waals surface area (Å²) < 4.78 is 11.2. The van der Waals surface area contributed by atoms with Gasteiger partial charge in [-0.15, -0.1) is 0 Å². The zero-order valence-corrected chi connectivity index (χ0v) is 19.8. The summed E-state index contributed by atoms with van der Waals surface area (Å²) in [5.74, 6) is -0.372. The average molecular weight is 492 g/mol. The number of hydrogen-bond donors (Lipinski definition) is 2. The van der Waals surface area contributed by atoms with Crippen LogP contribution in [-0.4, -0.2) is 42.5 Å². The van der Waals surface area contributed by atoms with Crippen molar-refractivity contribution in [1.29, 1.82) is 0 Å². The third-order valence-corrected chi connectivity index (χ3v) is 5.38. The predicted octanol–water partition coefficient (Wildman–Crippen LogP) is 4.71. The summed E-state index contributed by atoms with van der Waals surface area (Å²) in [5.41, 5.74) is 1.02. The summed E-state index contributed by atoms with van der Waals surface area (Å²) in [6, 6.07) is 9.00. The van der Waals surface area contributed by atoms with Crippen LogP contribution >= 0.6 is 23.2 Å². The number of nitrogens with zero attached hydrogens (tertiary/aromatic N) is 1. The van der Waals surface area contributed by atoms with Crippen LogP contribution in [0.5, 0.6) is 11.5 Å². The summed E-state index contributed by atoms with van der Waals surface area (Å²) in [5, 5.41) is 5.91. The van der Waals surface area contributed by atoms with Gasteiger partial charge in [-0.2, -0.15) is 0 Å². The number of anilines is 1. The van der Waals surface area contributed by atoms with Gasteiger partial charge in [-0.05, 0) is 61.4 Å². The lowest BCUT2D eigenvalue weighted by Gasteiger charge is -2.17. The SMILES string of the molecule is CC[C@@H](C)Oc1c(Cl)cc(/C=C2\NC(=O)N(CC(=O)Nc3ccc(Cl)cc3)C2=O)cc1OC. The van der Waals surface area contributed by atoms with Crippen molar-refractivity contribution < 1.29 is 23.9 Å². The smallest absolute Gasteiger partial charge is 0.329 e. The molecule has 2 aromatic rings. The molecule has 0 aliphatic carbocycles. The van der Waals surface area contributed by atoms with Crippen LogP contribution < -0.4 is 20.1 Å². The molecule has 2 aromatic carbocycles. The Morgan fingerprint density at radius 1 is 1.21 bits per heavy atom. The minimum absolute atomic E-state index is 0.00741. The van der Waals surface area contributed by atoms with E-state index in [1.165, 1.54) is 13.2 Å². The van der Waals surface area contributed by atoms with Gasteiger partial charge in [0.1, 0.15) is 12.2 Å². The van der Waals surface area contributed by atoms with Crippen LogP contribution in [0.15, 0.2) is 42.1 Å². The molecule has 0 radical (unpaired) electrons. The summed E-state index contributed by atoms with van der Waals surface area (Å²) in [6.07, 6.45) is 2.18. The summed E-state index contributed by atoms with van der Waals surface area (Å²) in [7, 11) is 1.48. The highest BCUT2D eigenvalue weighted by Gasteiger charge is 2.35. The maximum atomic E-state index is 12.7. The Hall–Kier alpha value is -3.23. The van der Waals surface area contributed by atoms with Crippen molar-refractivity contribution in [2.45, 2.75) is 26.4 Å². The third-order valence-electron chi connectivity index (χ3n) is 4.85. The highest BCUT2D eigenvalue weighted by Crippen LogP contribution is 2.38. The minimum Gasteiger partial charge on any atom is -0.493 e. The molecule has 33 heavy (non-hydrogen) atoms. The van der Waals surface area contributed by atoms with Crippen molar-refractivity contribution in [3.63, 3.8) is 0 Å². The number of carbonyl (C=O) groups excluding carboxylic acids is 3. The van der Waals surface area contributed by atoms with Crippen molar-refractivity contribution in [3.8, 4) is 11.5 Å². The zero-order chi connectivity index (χ0) is 24.1. The van der Waals surface area contributed by atoms with Gasteiger partial charge in [0.25, 0.3) is 5.91 Å². The molecule has 0 aromatic heterocycles. The second-order valence-electron chi connectivity index (χ2n) is 7.31. The Balaban J connectivity index is 1.75. The predicted molar refractivity (Wildman–Crippen MR) is 127 cm³/mol. The van der Waals surface area contributed by atoms with Gasteiger partial charge in [0.15, 0.2) is 11.5 Å². The van der Waals surface area contributed by atoms with Crippen LogP contribution in [0.3, 0.4) is 0 Å². The van der Waals surface area contributed by atoms with Crippen molar-refractivity contribution >= 4 is 52.8 Å². The number of urea groups is 1. The van der Waals surface area contributed by atoms with E-state index >= 15 is 0 Å². The first-order valence-electron chi connectivity index (χ1n) is 10.2. The number of halogens is 2. The fourth-order valence-corrected chi connectivity index (χ4v) is 3.37. The molecule has 1 aliphatic rings. The molecule has 1 atom stereocenters. The van der Waals surface area contributed by atoms with E-state index in [1.807, 2.05) is 13.8 Å². The second-order valence-corrected chi connectivity index (χ2v) is 8.15. The zero-order valence-electron chi connectivity index (χ0n) is 18.3. The second kappa shape index (κ2) is 10.6. The van der Waals surface area contributed by atoms with Crippen LogP contribution in [-0.2, 0) is 9.59 Å². The van der Waals surface area contributed by atoms with Gasteiger partial charge in [0, 0.05) is 10.7 Å². The molecule has 1 saturated heterocycles. The Morgan fingerprint density at radius 3 is 2.55 bits per heavy atom. The minimum atomic E-state index is -0.702. The van der Waals surface area contributed by atoms with E-state index in [0.29, 0.717) is 32.8 Å². The quantitative estimate of drug-likeness (QED) is 0.411. The lowest BCUT2D eigenvalue weighted by Crippen LogP contribution is -2.38. The molecule has 4 amide bonds. The van der Waals surface area contributed by atoms with E-state index in [4.69, 9.17) is 32.7 Å². The molecule has 10 heteroatoms. The first-order valence-corrected chi connectivity index (χ1v) is 10.9. The Morgan fingerprint density at radius 2 is 1.91 bits per heavy atom. The molecule has 0 unspecified atom stereocenters. The highest BCUT2D eigenvalue weighted by molar-refractivity contribution is 6.32. The van der Waals surface area contributed by atoms with E-state index in [-0.39, 0.29) is 11.8 Å². The number of amides is 4. The van der Waals surface area contributed by atoms with Crippen molar-refractivity contribution in [2.24, 2.45) is 0 Å². The molecule has 1 aliphatic heterocycles. The first-order chi connectivity index (χ1) is 15.7. The van der Waals surface area contributed by atoms with E-state index in [1.54, 1.807) is 36.4 Å². The molecule has 8 nitrogen and oxygen atoms in total. The van der Waals surface area contributed by atoms with Gasteiger partial charge < -0.3 is 20.1 Å². The number of imide groups is 1. The van der Waals surface area contributed by atoms with E-state index in [0.717, 1.165) is 11.3 Å². The number of hydrogen-bond acceptors (Lipinski definition) is 5. The normalized spacial score (nSPS) is 15.4. The van der Waals surface area contributed by atoms with Gasteiger partial charge in [-0.3, -0.25) is 9.59 Å². The Bertz CT molecular complexity index is 1100. The van der Waals surface area contributed by atoms with Gasteiger partial charge in [0.2, 0.25) is 5.91 Å². The largest absolute Gasteiger partial charge is 0.493 e. The molecule has 0 spiro atoms. The first kappa shape index (κ1) is 24.4. The fraction of sp³-hybridized carbons (Fsp3) is 0.261. The van der Waals surface area contributed by atoms with Crippen molar-refractivity contribution in [3.05, 3.63) is 57.7 Å². The molecule has 0 bridgehead atoms. The molecule has 1 fully saturated rings. The monoisotopic (exact) mass is 491 g/mol. The Labute approximate surface area is 201 Å². The molecule has 0 saturated carbocycles. The van der Waals surface area contributed by atoms with Crippen LogP contribution in [0.2, 0.25) is 10.0 Å².